The standard InChI is InChI=1S/C13H18O7.Zr/c1-5-6-10(17)13(7(2)14,8(3)15)11(18)12(19)20-9(4)16;/h10,17H,5-6H2,1-4H3;. The van der Waals surface area contributed by atoms with Crippen molar-refractivity contribution in [3.63, 3.8) is 0 Å². The van der Waals surface area contributed by atoms with Crippen molar-refractivity contribution in [2.45, 2.75) is 46.6 Å². The third kappa shape index (κ3) is 4.75. The molecule has 0 saturated carbocycles. The van der Waals surface area contributed by atoms with E-state index < -0.39 is 40.8 Å². The van der Waals surface area contributed by atoms with Crippen molar-refractivity contribution >= 4 is 29.3 Å². The van der Waals surface area contributed by atoms with Crippen molar-refractivity contribution in [2.24, 2.45) is 5.41 Å². The summed E-state index contributed by atoms with van der Waals surface area (Å²) in [5, 5.41) is 10.00. The molecule has 0 aliphatic carbocycles. The normalized spacial score (nSPS) is 11.9. The molecular weight excluding hydrogens is 359 g/mol. The van der Waals surface area contributed by atoms with Crippen molar-refractivity contribution in [2.75, 3.05) is 0 Å². The van der Waals surface area contributed by atoms with Gasteiger partial charge in [-0.3, -0.25) is 19.2 Å². The third-order valence-electron chi connectivity index (χ3n) is 2.95. The second-order valence-electron chi connectivity index (χ2n) is 4.44. The molecule has 0 radical (unpaired) electrons. The van der Waals surface area contributed by atoms with Crippen molar-refractivity contribution in [3.05, 3.63) is 0 Å². The molecule has 21 heavy (non-hydrogen) atoms. The van der Waals surface area contributed by atoms with E-state index in [9.17, 15) is 29.1 Å². The zero-order chi connectivity index (χ0) is 16.1. The Morgan fingerprint density at radius 3 is 1.76 bits per heavy atom. The van der Waals surface area contributed by atoms with E-state index >= 15 is 0 Å². The van der Waals surface area contributed by atoms with Gasteiger partial charge in [0.05, 0.1) is 6.10 Å². The van der Waals surface area contributed by atoms with E-state index in [1.54, 1.807) is 6.92 Å². The van der Waals surface area contributed by atoms with Gasteiger partial charge in [-0.1, -0.05) is 13.3 Å². The van der Waals surface area contributed by atoms with Crippen LogP contribution < -0.4 is 0 Å². The number of rotatable bonds is 7. The van der Waals surface area contributed by atoms with E-state index in [2.05, 4.69) is 4.74 Å². The summed E-state index contributed by atoms with van der Waals surface area (Å²) in [7, 11) is 0. The maximum atomic E-state index is 12.1. The Bertz CT molecular complexity index is 441. The number of esters is 2. The Balaban J connectivity index is 0. The first-order chi connectivity index (χ1) is 9.12. The van der Waals surface area contributed by atoms with Crippen LogP contribution in [0.4, 0.5) is 0 Å². The van der Waals surface area contributed by atoms with Gasteiger partial charge in [-0.25, -0.2) is 4.79 Å². The number of aliphatic hydroxyl groups excluding tert-OH is 1. The SMILES string of the molecule is CCCC(O)C(C(C)=O)(C(C)=O)C(=O)C(=O)OC(C)=O.[Zr]. The first-order valence-electron chi connectivity index (χ1n) is 6.09. The van der Waals surface area contributed by atoms with Crippen molar-refractivity contribution in [1.29, 1.82) is 0 Å². The van der Waals surface area contributed by atoms with Crippen LogP contribution in [0.3, 0.4) is 0 Å². The monoisotopic (exact) mass is 376 g/mol. The minimum atomic E-state index is -2.51. The van der Waals surface area contributed by atoms with Gasteiger partial charge in [0.1, 0.15) is 0 Å². The van der Waals surface area contributed by atoms with Crippen LogP contribution in [0.15, 0.2) is 0 Å². The van der Waals surface area contributed by atoms with Crippen LogP contribution in [0.5, 0.6) is 0 Å². The molecule has 8 heteroatoms. The molecule has 0 heterocycles. The van der Waals surface area contributed by atoms with Crippen LogP contribution >= 0.6 is 0 Å². The van der Waals surface area contributed by atoms with Crippen molar-refractivity contribution < 1.29 is 60.0 Å². The van der Waals surface area contributed by atoms with Gasteiger partial charge < -0.3 is 9.84 Å². The second-order valence-corrected chi connectivity index (χ2v) is 4.44. The van der Waals surface area contributed by atoms with E-state index in [-0.39, 0.29) is 32.6 Å². The molecule has 1 N–H and O–H groups in total. The van der Waals surface area contributed by atoms with Crippen LogP contribution in [0.2, 0.25) is 0 Å². The Morgan fingerprint density at radius 2 is 1.48 bits per heavy atom. The van der Waals surface area contributed by atoms with Crippen LogP contribution in [0.1, 0.15) is 40.5 Å². The van der Waals surface area contributed by atoms with E-state index in [0.717, 1.165) is 20.8 Å². The average Bonchev–Trinajstić information content (AvgIpc) is 2.27. The van der Waals surface area contributed by atoms with Crippen LogP contribution in [0.25, 0.3) is 0 Å². The minimum Gasteiger partial charge on any atom is -0.391 e. The van der Waals surface area contributed by atoms with Gasteiger partial charge >= 0.3 is 11.9 Å². The quantitative estimate of drug-likeness (QED) is 0.376. The maximum Gasteiger partial charge on any atom is 0.383 e. The molecule has 1 atom stereocenters. The number of ketones is 3. The largest absolute Gasteiger partial charge is 0.391 e. The molecule has 0 aromatic carbocycles. The molecule has 0 saturated heterocycles. The smallest absolute Gasteiger partial charge is 0.383 e. The Kier molecular flexibility index (Phi) is 9.65. The van der Waals surface area contributed by atoms with Gasteiger partial charge in [-0.2, -0.15) is 0 Å². The zero-order valence-corrected chi connectivity index (χ0v) is 14.8. The molecule has 0 spiro atoms. The van der Waals surface area contributed by atoms with Crippen LogP contribution in [0, 0.1) is 5.41 Å². The van der Waals surface area contributed by atoms with Gasteiger partial charge in [0.25, 0.3) is 5.78 Å². The molecule has 1 unspecified atom stereocenters. The van der Waals surface area contributed by atoms with E-state index in [1.165, 1.54) is 0 Å². The fraction of sp³-hybridized carbons (Fsp3) is 0.615. The van der Waals surface area contributed by atoms with E-state index in [1.807, 2.05) is 0 Å². The van der Waals surface area contributed by atoms with Gasteiger partial charge in [0.15, 0.2) is 17.0 Å². The molecule has 0 aromatic heterocycles. The molecule has 0 aliphatic heterocycles. The van der Waals surface area contributed by atoms with E-state index in [0.29, 0.717) is 6.42 Å². The van der Waals surface area contributed by atoms with Crippen LogP contribution in [-0.2, 0) is 54.9 Å². The summed E-state index contributed by atoms with van der Waals surface area (Å²) in [6, 6.07) is 0. The zero-order valence-electron chi connectivity index (χ0n) is 12.4. The number of aliphatic hydroxyl groups is 1. The summed E-state index contributed by atoms with van der Waals surface area (Å²) < 4.78 is 4.10. The van der Waals surface area contributed by atoms with Gasteiger partial charge in [0.2, 0.25) is 0 Å². The number of hydrogen-bond donors (Lipinski definition) is 1. The Labute approximate surface area is 141 Å². The summed E-state index contributed by atoms with van der Waals surface area (Å²) in [6.07, 6.45) is -1.29. The third-order valence-corrected chi connectivity index (χ3v) is 2.95. The topological polar surface area (TPSA) is 115 Å². The number of hydrogen-bond acceptors (Lipinski definition) is 7. The van der Waals surface area contributed by atoms with Gasteiger partial charge in [-0.15, -0.1) is 0 Å². The number of carbonyl (C=O) groups is 5. The fourth-order valence-corrected chi connectivity index (χ4v) is 2.02. The first-order valence-corrected chi connectivity index (χ1v) is 6.09. The van der Waals surface area contributed by atoms with E-state index in [4.69, 9.17) is 0 Å². The van der Waals surface area contributed by atoms with Gasteiger partial charge in [0, 0.05) is 33.1 Å². The molecule has 7 nitrogen and oxygen atoms in total. The van der Waals surface area contributed by atoms with Gasteiger partial charge in [-0.05, 0) is 20.3 Å². The first kappa shape index (κ1) is 22.3. The Hall–Kier alpha value is -1.01. The minimum absolute atomic E-state index is 0. The maximum absolute atomic E-state index is 12.1. The molecule has 0 fully saturated rings. The molecule has 0 aromatic rings. The molecule has 116 valence electrons. The summed E-state index contributed by atoms with van der Waals surface area (Å²) in [6.45, 7) is 4.43. The summed E-state index contributed by atoms with van der Waals surface area (Å²) in [5.74, 6) is -6.12. The summed E-state index contributed by atoms with van der Waals surface area (Å²) in [5.41, 5.74) is -2.51. The molecular formula is C13H18O7Zr. The Morgan fingerprint density at radius 1 is 1.05 bits per heavy atom. The second kappa shape index (κ2) is 9.10. The van der Waals surface area contributed by atoms with Crippen molar-refractivity contribution in [1.82, 2.24) is 0 Å². The predicted octanol–water partition coefficient (Wildman–Crippen LogP) is -0.0319. The summed E-state index contributed by atoms with van der Waals surface area (Å²) >= 11 is 0. The molecule has 0 aliphatic rings. The molecule has 0 rings (SSSR count). The predicted molar refractivity (Wildman–Crippen MR) is 66.5 cm³/mol. The number of carbonyl (C=O) groups excluding carboxylic acids is 5. The molecule has 0 bridgehead atoms. The number of ether oxygens (including phenoxy) is 1. The fourth-order valence-electron chi connectivity index (χ4n) is 2.02. The van der Waals surface area contributed by atoms with Crippen molar-refractivity contribution in [3.8, 4) is 0 Å². The summed E-state index contributed by atoms with van der Waals surface area (Å²) in [4.78, 5) is 57.8. The number of Topliss-reactive ketones (excluding diaryl/α,β-unsaturated/α-hetero) is 3. The molecule has 0 amide bonds. The van der Waals surface area contributed by atoms with Crippen LogP contribution in [-0.4, -0.2) is 40.5 Å². The average molecular weight is 378 g/mol.